The van der Waals surface area contributed by atoms with Crippen LogP contribution in [0.5, 0.6) is 0 Å². The van der Waals surface area contributed by atoms with E-state index in [0.717, 1.165) is 13.0 Å². The minimum absolute atomic E-state index is 0. The smallest absolute Gasteiger partial charge is 0.223 e. The third kappa shape index (κ3) is 3.57. The van der Waals surface area contributed by atoms with Gasteiger partial charge in [0.2, 0.25) is 5.91 Å². The molecule has 1 aromatic rings. The molecule has 5 heteroatoms. The summed E-state index contributed by atoms with van der Waals surface area (Å²) in [6.45, 7) is 4.09. The summed E-state index contributed by atoms with van der Waals surface area (Å²) in [5, 5.41) is 15.8. The Bertz CT molecular complexity index is 509. The highest BCUT2D eigenvalue weighted by molar-refractivity contribution is 5.85. The Morgan fingerprint density at radius 2 is 2.14 bits per heavy atom. The number of amides is 1. The number of nitrogens with one attached hydrogen (secondary N) is 2. The van der Waals surface area contributed by atoms with Crippen LogP contribution in [0.2, 0.25) is 0 Å². The summed E-state index contributed by atoms with van der Waals surface area (Å²) < 4.78 is 0. The predicted molar refractivity (Wildman–Crippen MR) is 84.7 cm³/mol. The van der Waals surface area contributed by atoms with Gasteiger partial charge in [-0.1, -0.05) is 24.3 Å². The van der Waals surface area contributed by atoms with Gasteiger partial charge < -0.3 is 15.7 Å². The molecule has 1 aliphatic heterocycles. The van der Waals surface area contributed by atoms with Crippen molar-refractivity contribution in [1.82, 2.24) is 10.6 Å². The van der Waals surface area contributed by atoms with E-state index in [-0.39, 0.29) is 36.3 Å². The van der Waals surface area contributed by atoms with Crippen LogP contribution in [-0.2, 0) is 4.79 Å². The Balaban J connectivity index is 0.00000161. The summed E-state index contributed by atoms with van der Waals surface area (Å²) >= 11 is 0. The van der Waals surface area contributed by atoms with Gasteiger partial charge in [-0.05, 0) is 30.4 Å². The number of hydrogen-bond acceptors (Lipinski definition) is 3. The predicted octanol–water partition coefficient (Wildman–Crippen LogP) is 1.22. The molecule has 4 atom stereocenters. The number of aryl methyl sites for hydroxylation is 1. The summed E-state index contributed by atoms with van der Waals surface area (Å²) in [5.41, 5.74) is 2.57. The molecule has 21 heavy (non-hydrogen) atoms. The molecule has 1 amide bonds. The maximum atomic E-state index is 12.2. The lowest BCUT2D eigenvalue weighted by atomic mass is 10.0. The molecule has 4 unspecified atom stereocenters. The minimum Gasteiger partial charge on any atom is -0.391 e. The fraction of sp³-hybridized carbons (Fsp3) is 0.562. The molecule has 0 bridgehead atoms. The number of rotatable bonds is 4. The average molecular weight is 311 g/mol. The highest BCUT2D eigenvalue weighted by atomic mass is 35.5. The van der Waals surface area contributed by atoms with E-state index in [2.05, 4.69) is 29.7 Å². The Morgan fingerprint density at radius 3 is 2.81 bits per heavy atom. The van der Waals surface area contributed by atoms with E-state index in [1.165, 1.54) is 11.1 Å². The zero-order chi connectivity index (χ0) is 14.1. The van der Waals surface area contributed by atoms with Crippen LogP contribution >= 0.6 is 12.4 Å². The largest absolute Gasteiger partial charge is 0.391 e. The third-order valence-electron chi connectivity index (χ3n) is 4.56. The molecular formula is C16H23ClN2O2. The van der Waals surface area contributed by atoms with Crippen molar-refractivity contribution in [3.8, 4) is 0 Å². The molecular weight excluding hydrogens is 288 g/mol. The fourth-order valence-electron chi connectivity index (χ4n) is 3.12. The average Bonchev–Trinajstić information content (AvgIpc) is 3.13. The Kier molecular flexibility index (Phi) is 5.25. The number of β-amino-alcohol motifs (C(OH)–C–C–N with tert-alkyl or cyclic N) is 1. The van der Waals surface area contributed by atoms with Crippen LogP contribution < -0.4 is 10.6 Å². The number of aliphatic hydroxyl groups excluding tert-OH is 1. The number of aliphatic hydroxyl groups is 1. The lowest BCUT2D eigenvalue weighted by Gasteiger charge is -2.14. The van der Waals surface area contributed by atoms with E-state index in [4.69, 9.17) is 0 Å². The SMILES string of the molecule is Cc1ccccc1C1CC1C(=O)NCC1CNCC1O.Cl. The second-order valence-electron chi connectivity index (χ2n) is 6.04. The van der Waals surface area contributed by atoms with E-state index >= 15 is 0 Å². The van der Waals surface area contributed by atoms with Gasteiger partial charge in [-0.25, -0.2) is 0 Å². The van der Waals surface area contributed by atoms with Crippen molar-refractivity contribution >= 4 is 18.3 Å². The summed E-state index contributed by atoms with van der Waals surface area (Å²) in [5.74, 6) is 0.775. The van der Waals surface area contributed by atoms with Gasteiger partial charge in [0.15, 0.2) is 0 Å². The quantitative estimate of drug-likeness (QED) is 0.783. The van der Waals surface area contributed by atoms with E-state index in [0.29, 0.717) is 19.0 Å². The molecule has 2 aliphatic rings. The first kappa shape index (κ1) is 16.3. The maximum absolute atomic E-state index is 12.2. The van der Waals surface area contributed by atoms with E-state index in [9.17, 15) is 9.90 Å². The molecule has 4 nitrogen and oxygen atoms in total. The minimum atomic E-state index is -0.332. The van der Waals surface area contributed by atoms with Crippen molar-refractivity contribution in [2.45, 2.75) is 25.4 Å². The monoisotopic (exact) mass is 310 g/mol. The molecule has 0 spiro atoms. The first-order valence-corrected chi connectivity index (χ1v) is 7.39. The lowest BCUT2D eigenvalue weighted by molar-refractivity contribution is -0.122. The van der Waals surface area contributed by atoms with Gasteiger partial charge in [-0.3, -0.25) is 4.79 Å². The van der Waals surface area contributed by atoms with Gasteiger partial charge in [0.05, 0.1) is 6.10 Å². The third-order valence-corrected chi connectivity index (χ3v) is 4.56. The van der Waals surface area contributed by atoms with Crippen molar-refractivity contribution in [1.29, 1.82) is 0 Å². The Morgan fingerprint density at radius 1 is 1.38 bits per heavy atom. The summed E-state index contributed by atoms with van der Waals surface area (Å²) in [6, 6.07) is 8.29. The molecule has 0 aromatic heterocycles. The Hall–Kier alpha value is -1.10. The highest BCUT2D eigenvalue weighted by Gasteiger charge is 2.44. The molecule has 1 aromatic carbocycles. The van der Waals surface area contributed by atoms with Gasteiger partial charge in [0.25, 0.3) is 0 Å². The van der Waals surface area contributed by atoms with Crippen LogP contribution in [0.3, 0.4) is 0 Å². The molecule has 1 heterocycles. The number of carbonyl (C=O) groups excluding carboxylic acids is 1. The molecule has 1 saturated heterocycles. The van der Waals surface area contributed by atoms with Crippen LogP contribution in [0, 0.1) is 18.8 Å². The van der Waals surface area contributed by atoms with E-state index in [1.54, 1.807) is 0 Å². The molecule has 116 valence electrons. The summed E-state index contributed by atoms with van der Waals surface area (Å²) in [4.78, 5) is 12.2. The number of benzene rings is 1. The van der Waals surface area contributed by atoms with Crippen LogP contribution in [0.1, 0.15) is 23.5 Å². The molecule has 2 fully saturated rings. The Labute approximate surface area is 131 Å². The molecule has 1 saturated carbocycles. The molecule has 3 rings (SSSR count). The summed E-state index contributed by atoms with van der Waals surface area (Å²) in [7, 11) is 0. The molecule has 1 aliphatic carbocycles. The van der Waals surface area contributed by atoms with Crippen molar-refractivity contribution in [2.24, 2.45) is 11.8 Å². The van der Waals surface area contributed by atoms with Gasteiger partial charge in [0.1, 0.15) is 0 Å². The first-order chi connectivity index (χ1) is 9.66. The zero-order valence-corrected chi connectivity index (χ0v) is 13.0. The number of hydrogen-bond donors (Lipinski definition) is 3. The number of halogens is 1. The van der Waals surface area contributed by atoms with Gasteiger partial charge in [0, 0.05) is 31.5 Å². The van der Waals surface area contributed by atoms with Crippen molar-refractivity contribution < 1.29 is 9.90 Å². The zero-order valence-electron chi connectivity index (χ0n) is 12.2. The first-order valence-electron chi connectivity index (χ1n) is 7.39. The standard InChI is InChI=1S/C16H22N2O2.ClH/c1-10-4-2-3-5-12(10)13-6-14(13)16(20)18-8-11-7-17-9-15(11)19;/h2-5,11,13-15,17,19H,6-9H2,1H3,(H,18,20);1H. The van der Waals surface area contributed by atoms with Gasteiger partial charge >= 0.3 is 0 Å². The van der Waals surface area contributed by atoms with Crippen LogP contribution in [0.15, 0.2) is 24.3 Å². The van der Waals surface area contributed by atoms with E-state index in [1.807, 2.05) is 12.1 Å². The second-order valence-corrected chi connectivity index (χ2v) is 6.04. The highest BCUT2D eigenvalue weighted by Crippen LogP contribution is 2.48. The van der Waals surface area contributed by atoms with Crippen LogP contribution in [0.25, 0.3) is 0 Å². The summed E-state index contributed by atoms with van der Waals surface area (Å²) in [6.07, 6.45) is 0.615. The lowest BCUT2D eigenvalue weighted by Crippen LogP contribution is -2.35. The van der Waals surface area contributed by atoms with Gasteiger partial charge in [-0.15, -0.1) is 12.4 Å². The van der Waals surface area contributed by atoms with Crippen LogP contribution in [-0.4, -0.2) is 36.8 Å². The maximum Gasteiger partial charge on any atom is 0.223 e. The van der Waals surface area contributed by atoms with E-state index < -0.39 is 0 Å². The van der Waals surface area contributed by atoms with Crippen molar-refractivity contribution in [3.63, 3.8) is 0 Å². The topological polar surface area (TPSA) is 61.4 Å². The van der Waals surface area contributed by atoms with Crippen molar-refractivity contribution in [2.75, 3.05) is 19.6 Å². The molecule has 3 N–H and O–H groups in total. The second kappa shape index (κ2) is 6.77. The van der Waals surface area contributed by atoms with Crippen LogP contribution in [0.4, 0.5) is 0 Å². The van der Waals surface area contributed by atoms with Crippen molar-refractivity contribution in [3.05, 3.63) is 35.4 Å². The van der Waals surface area contributed by atoms with Gasteiger partial charge in [-0.2, -0.15) is 0 Å². The molecule has 0 radical (unpaired) electrons. The number of carbonyl (C=O) groups is 1. The normalized spacial score (nSPS) is 30.6. The fourth-order valence-corrected chi connectivity index (χ4v) is 3.12.